The first-order valence-corrected chi connectivity index (χ1v) is 7.50. The van der Waals surface area contributed by atoms with Crippen molar-refractivity contribution in [1.82, 2.24) is 0 Å². The fourth-order valence-corrected chi connectivity index (χ4v) is 2.98. The summed E-state index contributed by atoms with van der Waals surface area (Å²) in [6, 6.07) is 0. The van der Waals surface area contributed by atoms with E-state index in [1.165, 1.54) is 32.1 Å². The Hall–Kier alpha value is 0.310. The lowest BCUT2D eigenvalue weighted by atomic mass is 9.75. The van der Waals surface area contributed by atoms with Gasteiger partial charge in [-0.3, -0.25) is 0 Å². The Bertz CT molecular complexity index is 182. The molecule has 3 unspecified atom stereocenters. The first-order chi connectivity index (χ1) is 7.65. The summed E-state index contributed by atoms with van der Waals surface area (Å²) in [5.41, 5.74) is 0. The molecular formula is C14H28OS. The molecule has 0 saturated heterocycles. The van der Waals surface area contributed by atoms with Crippen molar-refractivity contribution >= 4 is 12.6 Å². The van der Waals surface area contributed by atoms with Crippen LogP contribution in [0.15, 0.2) is 0 Å². The summed E-state index contributed by atoms with van der Waals surface area (Å²) in [6.45, 7) is 7.97. The number of hydrogen-bond donors (Lipinski definition) is 1. The van der Waals surface area contributed by atoms with E-state index >= 15 is 0 Å². The lowest BCUT2D eigenvalue weighted by Gasteiger charge is -2.37. The van der Waals surface area contributed by atoms with E-state index in [0.717, 1.165) is 30.1 Å². The molecule has 1 nitrogen and oxygen atoms in total. The van der Waals surface area contributed by atoms with Gasteiger partial charge < -0.3 is 4.74 Å². The van der Waals surface area contributed by atoms with Crippen LogP contribution in [0, 0.1) is 17.8 Å². The summed E-state index contributed by atoms with van der Waals surface area (Å²) < 4.78 is 6.10. The molecule has 0 aromatic carbocycles. The summed E-state index contributed by atoms with van der Waals surface area (Å²) in [5, 5.41) is 0. The van der Waals surface area contributed by atoms with Crippen LogP contribution < -0.4 is 0 Å². The number of rotatable bonds is 6. The van der Waals surface area contributed by atoms with Crippen molar-refractivity contribution in [3.8, 4) is 0 Å². The Labute approximate surface area is 107 Å². The zero-order valence-corrected chi connectivity index (χ0v) is 12.0. The molecule has 0 aromatic rings. The van der Waals surface area contributed by atoms with E-state index in [4.69, 9.17) is 4.74 Å². The van der Waals surface area contributed by atoms with Crippen LogP contribution in [0.1, 0.15) is 52.9 Å². The van der Waals surface area contributed by atoms with Crippen LogP contribution in [-0.2, 0) is 4.74 Å². The van der Waals surface area contributed by atoms with Crippen molar-refractivity contribution in [2.45, 2.75) is 59.0 Å². The van der Waals surface area contributed by atoms with E-state index in [1.54, 1.807) is 0 Å². The minimum atomic E-state index is 0.517. The molecule has 1 aliphatic rings. The third kappa shape index (κ3) is 4.67. The SMILES string of the molecule is CC1CCC(C(C)C)C(OCCCCS)C1. The molecule has 0 N–H and O–H groups in total. The average Bonchev–Trinajstić information content (AvgIpc) is 2.24. The van der Waals surface area contributed by atoms with Gasteiger partial charge >= 0.3 is 0 Å². The van der Waals surface area contributed by atoms with Crippen LogP contribution in [0.2, 0.25) is 0 Å². The number of hydrogen-bond acceptors (Lipinski definition) is 2. The summed E-state index contributed by atoms with van der Waals surface area (Å²) in [6.07, 6.45) is 6.87. The number of unbranched alkanes of at least 4 members (excludes halogenated alkanes) is 1. The van der Waals surface area contributed by atoms with Crippen LogP contribution in [0.4, 0.5) is 0 Å². The fraction of sp³-hybridized carbons (Fsp3) is 1.00. The zero-order chi connectivity index (χ0) is 12.0. The smallest absolute Gasteiger partial charge is 0.0608 e. The van der Waals surface area contributed by atoms with Crippen molar-refractivity contribution in [3.63, 3.8) is 0 Å². The molecule has 1 rings (SSSR count). The standard InChI is InChI=1S/C14H28OS/c1-11(2)13-7-6-12(3)10-14(13)15-8-4-5-9-16/h11-14,16H,4-10H2,1-3H3. The van der Waals surface area contributed by atoms with Gasteiger partial charge in [-0.05, 0) is 49.2 Å². The lowest BCUT2D eigenvalue weighted by molar-refractivity contribution is -0.0390. The molecule has 16 heavy (non-hydrogen) atoms. The van der Waals surface area contributed by atoms with E-state index in [9.17, 15) is 0 Å². The van der Waals surface area contributed by atoms with Gasteiger partial charge in [-0.2, -0.15) is 12.6 Å². The zero-order valence-electron chi connectivity index (χ0n) is 11.1. The second-order valence-corrected chi connectivity index (χ2v) is 6.11. The monoisotopic (exact) mass is 244 g/mol. The van der Waals surface area contributed by atoms with Gasteiger partial charge in [0.05, 0.1) is 6.10 Å². The van der Waals surface area contributed by atoms with Gasteiger partial charge in [0.15, 0.2) is 0 Å². The Kier molecular flexibility index (Phi) is 6.83. The third-order valence-corrected chi connectivity index (χ3v) is 4.16. The quantitative estimate of drug-likeness (QED) is 0.545. The number of ether oxygens (including phenoxy) is 1. The molecule has 96 valence electrons. The van der Waals surface area contributed by atoms with Crippen LogP contribution in [0.25, 0.3) is 0 Å². The second-order valence-electron chi connectivity index (χ2n) is 5.67. The molecule has 1 fully saturated rings. The summed E-state index contributed by atoms with van der Waals surface area (Å²) in [7, 11) is 0. The molecule has 0 amide bonds. The van der Waals surface area contributed by atoms with E-state index in [-0.39, 0.29) is 0 Å². The van der Waals surface area contributed by atoms with Crippen molar-refractivity contribution in [1.29, 1.82) is 0 Å². The summed E-state index contributed by atoms with van der Waals surface area (Å²) in [4.78, 5) is 0. The third-order valence-electron chi connectivity index (χ3n) is 3.85. The molecule has 0 heterocycles. The maximum Gasteiger partial charge on any atom is 0.0608 e. The Balaban J connectivity index is 2.33. The van der Waals surface area contributed by atoms with E-state index in [0.29, 0.717) is 6.10 Å². The molecule has 2 heteroatoms. The van der Waals surface area contributed by atoms with Gasteiger partial charge in [0.1, 0.15) is 0 Å². The molecule has 1 aliphatic carbocycles. The Morgan fingerprint density at radius 1 is 1.25 bits per heavy atom. The molecule has 0 bridgehead atoms. The maximum atomic E-state index is 6.10. The highest BCUT2D eigenvalue weighted by Gasteiger charge is 2.30. The molecule has 0 aliphatic heterocycles. The molecule has 0 aromatic heterocycles. The van der Waals surface area contributed by atoms with Gasteiger partial charge in [-0.1, -0.05) is 27.2 Å². The summed E-state index contributed by atoms with van der Waals surface area (Å²) in [5.74, 6) is 3.39. The van der Waals surface area contributed by atoms with E-state index in [1.807, 2.05) is 0 Å². The Morgan fingerprint density at radius 2 is 2.00 bits per heavy atom. The number of thiol groups is 1. The van der Waals surface area contributed by atoms with E-state index in [2.05, 4.69) is 33.4 Å². The second kappa shape index (κ2) is 7.60. The van der Waals surface area contributed by atoms with Crippen molar-refractivity contribution in [3.05, 3.63) is 0 Å². The van der Waals surface area contributed by atoms with Gasteiger partial charge in [-0.15, -0.1) is 0 Å². The van der Waals surface area contributed by atoms with E-state index < -0.39 is 0 Å². The summed E-state index contributed by atoms with van der Waals surface area (Å²) >= 11 is 4.23. The molecular weight excluding hydrogens is 216 g/mol. The van der Waals surface area contributed by atoms with Crippen molar-refractivity contribution in [2.75, 3.05) is 12.4 Å². The maximum absolute atomic E-state index is 6.10. The molecule has 3 atom stereocenters. The van der Waals surface area contributed by atoms with Crippen LogP contribution >= 0.6 is 12.6 Å². The highest BCUT2D eigenvalue weighted by molar-refractivity contribution is 7.80. The fourth-order valence-electron chi connectivity index (χ4n) is 2.75. The van der Waals surface area contributed by atoms with Gasteiger partial charge in [0.2, 0.25) is 0 Å². The lowest BCUT2D eigenvalue weighted by Crippen LogP contribution is -2.34. The largest absolute Gasteiger partial charge is 0.378 e. The molecule has 0 radical (unpaired) electrons. The predicted molar refractivity (Wildman–Crippen MR) is 74.2 cm³/mol. The van der Waals surface area contributed by atoms with Crippen molar-refractivity contribution < 1.29 is 4.74 Å². The van der Waals surface area contributed by atoms with Crippen molar-refractivity contribution in [2.24, 2.45) is 17.8 Å². The Morgan fingerprint density at radius 3 is 2.62 bits per heavy atom. The minimum Gasteiger partial charge on any atom is -0.378 e. The van der Waals surface area contributed by atoms with Gasteiger partial charge in [0.25, 0.3) is 0 Å². The minimum absolute atomic E-state index is 0.517. The van der Waals surface area contributed by atoms with Crippen LogP contribution in [-0.4, -0.2) is 18.5 Å². The van der Waals surface area contributed by atoms with Gasteiger partial charge in [-0.25, -0.2) is 0 Å². The van der Waals surface area contributed by atoms with Crippen LogP contribution in [0.5, 0.6) is 0 Å². The first-order valence-electron chi connectivity index (χ1n) is 6.87. The highest BCUT2D eigenvalue weighted by atomic mass is 32.1. The van der Waals surface area contributed by atoms with Gasteiger partial charge in [0, 0.05) is 6.61 Å². The molecule has 1 saturated carbocycles. The topological polar surface area (TPSA) is 9.23 Å². The first kappa shape index (κ1) is 14.4. The van der Waals surface area contributed by atoms with Crippen LogP contribution in [0.3, 0.4) is 0 Å². The predicted octanol–water partition coefficient (Wildman–Crippen LogP) is 4.17. The highest BCUT2D eigenvalue weighted by Crippen LogP contribution is 2.35. The average molecular weight is 244 g/mol. The molecule has 0 spiro atoms. The normalized spacial score (nSPS) is 30.9.